The molecular formula is C111H196N2O8Si2. The minimum Gasteiger partial charge on any atom is -0.462 e. The number of nitrogens with zero attached hydrogens (tertiary/aromatic N) is 1. The minimum atomic E-state index is -2.70. The summed E-state index contributed by atoms with van der Waals surface area (Å²) in [5, 5.41) is 8.96. The number of hydrogen-bond acceptors (Lipinski definition) is 10. The minimum absolute atomic E-state index is 0.0229. The lowest BCUT2D eigenvalue weighted by molar-refractivity contribution is -0.151. The molecule has 12 heteroatoms. The molecule has 0 aromatic heterocycles. The van der Waals surface area contributed by atoms with Crippen molar-refractivity contribution in [1.29, 1.82) is 0 Å². The third kappa shape index (κ3) is 53.1. The van der Waals surface area contributed by atoms with Crippen LogP contribution in [0, 0.1) is 0 Å². The summed E-state index contributed by atoms with van der Waals surface area (Å²) in [6, 6.07) is 44.1. The third-order valence-electron chi connectivity index (χ3n) is 25.9. The lowest BCUT2D eigenvalue weighted by Crippen LogP contribution is -2.67. The number of hydrogen-bond donors (Lipinski definition) is 1. The fraction of sp³-hybridized carbons (Fsp3) is 0.766. The number of ether oxygens (including phenoxy) is 4. The summed E-state index contributed by atoms with van der Waals surface area (Å²) in [7, 11) is -3.12. The van der Waals surface area contributed by atoms with Crippen molar-refractivity contribution in [3.8, 4) is 0 Å². The SMILES string of the molecule is CCCCCCCCCCCCCCN(C)[C@H](COCC[C@@H](CCCCCCC)OC(=O)CCCCCCCCCCC)CO[Si](c1ccccc1)(c1ccccc1)C(C)(C)C.CCCCCCCCCCCCCCN[C@H](COCC[C@@H](CCCCCCC)OC(=O)CCCCCCCCCCC)CO[Si](c1ccccc1)(c1ccccc1)C(C)(C)C. The molecule has 0 radical (unpaired) electrons. The second-order valence-corrected chi connectivity index (χ2v) is 47.6. The van der Waals surface area contributed by atoms with Gasteiger partial charge in [0.2, 0.25) is 0 Å². The van der Waals surface area contributed by atoms with E-state index in [-0.39, 0.29) is 46.3 Å². The third-order valence-corrected chi connectivity index (χ3v) is 35.9. The second kappa shape index (κ2) is 75.8. The summed E-state index contributed by atoms with van der Waals surface area (Å²) >= 11 is 0. The largest absolute Gasteiger partial charge is 0.462 e. The van der Waals surface area contributed by atoms with Gasteiger partial charge in [0.25, 0.3) is 16.6 Å². The Balaban J connectivity index is 0.000000635. The van der Waals surface area contributed by atoms with Crippen LogP contribution in [0.2, 0.25) is 10.1 Å². The van der Waals surface area contributed by atoms with E-state index in [4.69, 9.17) is 27.8 Å². The van der Waals surface area contributed by atoms with Crippen LogP contribution in [0.1, 0.15) is 455 Å². The molecule has 0 aliphatic heterocycles. The lowest BCUT2D eigenvalue weighted by atomic mass is 10.1. The highest BCUT2D eigenvalue weighted by Crippen LogP contribution is 2.39. The molecule has 0 saturated carbocycles. The van der Waals surface area contributed by atoms with Crippen LogP contribution in [0.25, 0.3) is 0 Å². The van der Waals surface area contributed by atoms with E-state index >= 15 is 0 Å². The van der Waals surface area contributed by atoms with E-state index in [9.17, 15) is 9.59 Å². The van der Waals surface area contributed by atoms with Crippen molar-refractivity contribution in [2.24, 2.45) is 0 Å². The maximum Gasteiger partial charge on any atom is 0.306 e. The predicted octanol–water partition coefficient (Wildman–Crippen LogP) is 30.0. The molecule has 0 saturated heterocycles. The van der Waals surface area contributed by atoms with Gasteiger partial charge in [0, 0.05) is 25.7 Å². The normalized spacial score (nSPS) is 13.1. The van der Waals surface area contributed by atoms with E-state index < -0.39 is 16.6 Å². The van der Waals surface area contributed by atoms with Gasteiger partial charge in [-0.2, -0.15) is 0 Å². The van der Waals surface area contributed by atoms with Crippen LogP contribution in [0.4, 0.5) is 0 Å². The molecular weight excluding hydrogens is 1550 g/mol. The van der Waals surface area contributed by atoms with Gasteiger partial charge in [0.1, 0.15) is 12.2 Å². The molecule has 706 valence electrons. The molecule has 1 N–H and O–H groups in total. The fourth-order valence-corrected chi connectivity index (χ4v) is 27.3. The van der Waals surface area contributed by atoms with Crippen LogP contribution in [0.5, 0.6) is 0 Å². The fourth-order valence-electron chi connectivity index (χ4n) is 18.1. The van der Waals surface area contributed by atoms with E-state index in [1.54, 1.807) is 0 Å². The van der Waals surface area contributed by atoms with Gasteiger partial charge in [-0.3, -0.25) is 14.5 Å². The molecule has 0 spiro atoms. The van der Waals surface area contributed by atoms with Crippen LogP contribution < -0.4 is 26.1 Å². The highest BCUT2D eigenvalue weighted by Gasteiger charge is 2.52. The van der Waals surface area contributed by atoms with Crippen molar-refractivity contribution in [2.75, 3.05) is 59.8 Å². The average molecular weight is 1740 g/mol. The van der Waals surface area contributed by atoms with Crippen molar-refractivity contribution in [1.82, 2.24) is 10.2 Å². The highest BCUT2D eigenvalue weighted by atomic mass is 28.4. The number of esters is 2. The topological polar surface area (TPSA) is 105 Å². The first-order valence-electron chi connectivity index (χ1n) is 52.5. The van der Waals surface area contributed by atoms with E-state index in [1.165, 1.54) is 316 Å². The van der Waals surface area contributed by atoms with E-state index in [2.05, 4.69) is 222 Å². The summed E-state index contributed by atoms with van der Waals surface area (Å²) in [6.07, 6.45) is 71.4. The number of nitrogens with one attached hydrogen (secondary N) is 1. The van der Waals surface area contributed by atoms with Crippen molar-refractivity contribution in [3.05, 3.63) is 121 Å². The zero-order chi connectivity index (χ0) is 89.1. The molecule has 4 atom stereocenters. The number of unbranched alkanes of at least 4 members (excludes halogenated alkanes) is 46. The molecule has 4 aromatic carbocycles. The van der Waals surface area contributed by atoms with Gasteiger partial charge in [-0.15, -0.1) is 0 Å². The Labute approximate surface area is 763 Å². The molecule has 0 aliphatic carbocycles. The van der Waals surface area contributed by atoms with E-state index in [1.807, 2.05) is 0 Å². The molecule has 0 bridgehead atoms. The summed E-state index contributed by atoms with van der Waals surface area (Å²) in [5.41, 5.74) is 0. The maximum absolute atomic E-state index is 13.1. The van der Waals surface area contributed by atoms with Crippen LogP contribution in [0.15, 0.2) is 121 Å². The maximum atomic E-state index is 13.1. The molecule has 123 heavy (non-hydrogen) atoms. The molecule has 0 fully saturated rings. The van der Waals surface area contributed by atoms with Crippen molar-refractivity contribution in [2.45, 2.75) is 490 Å². The number of likely N-dealkylation sites (N-methyl/N-ethyl adjacent to an activating group) is 1. The van der Waals surface area contributed by atoms with Gasteiger partial charge in [-0.25, -0.2) is 0 Å². The number of carbonyl (C=O) groups is 2. The molecule has 10 nitrogen and oxygen atoms in total. The first-order valence-corrected chi connectivity index (χ1v) is 56.3. The van der Waals surface area contributed by atoms with Crippen molar-refractivity contribution in [3.63, 3.8) is 0 Å². The Kier molecular flexibility index (Phi) is 69.7. The number of benzene rings is 4. The monoisotopic (exact) mass is 1740 g/mol. The molecule has 0 heterocycles. The first-order chi connectivity index (χ1) is 60.0. The van der Waals surface area contributed by atoms with Gasteiger partial charge in [0.15, 0.2) is 0 Å². The van der Waals surface area contributed by atoms with Crippen LogP contribution in [0.3, 0.4) is 0 Å². The highest BCUT2D eigenvalue weighted by molar-refractivity contribution is 7.00. The van der Waals surface area contributed by atoms with Crippen molar-refractivity contribution < 1.29 is 37.4 Å². The van der Waals surface area contributed by atoms with Crippen LogP contribution in [-0.4, -0.2) is 118 Å². The van der Waals surface area contributed by atoms with Crippen molar-refractivity contribution >= 4 is 49.3 Å². The van der Waals surface area contributed by atoms with Gasteiger partial charge >= 0.3 is 11.9 Å². The summed E-state index contributed by atoms with van der Waals surface area (Å²) in [4.78, 5) is 28.6. The van der Waals surface area contributed by atoms with E-state index in [0.29, 0.717) is 52.5 Å². The van der Waals surface area contributed by atoms with Gasteiger partial charge in [0.05, 0.1) is 51.7 Å². The van der Waals surface area contributed by atoms with Gasteiger partial charge < -0.3 is 33.1 Å². The van der Waals surface area contributed by atoms with Crippen LogP contribution in [-0.2, 0) is 37.4 Å². The van der Waals surface area contributed by atoms with Gasteiger partial charge in [-0.1, -0.05) is 500 Å². The zero-order valence-corrected chi connectivity index (χ0v) is 84.7. The van der Waals surface area contributed by atoms with E-state index in [0.717, 1.165) is 77.3 Å². The number of carbonyl (C=O) groups excluding carboxylic acids is 2. The Morgan fingerprint density at radius 1 is 0.309 bits per heavy atom. The molecule has 0 aliphatic rings. The quantitative estimate of drug-likeness (QED) is 0.0261. The Morgan fingerprint density at radius 3 is 0.870 bits per heavy atom. The molecule has 0 amide bonds. The smallest absolute Gasteiger partial charge is 0.306 e. The predicted molar refractivity (Wildman–Crippen MR) is 539 cm³/mol. The lowest BCUT2D eigenvalue weighted by Gasteiger charge is -2.44. The van der Waals surface area contributed by atoms with Gasteiger partial charge in [-0.05, 0) is 102 Å². The Bertz CT molecular complexity index is 2890. The average Bonchev–Trinajstić information content (AvgIpc) is 0.754. The Hall–Kier alpha value is -3.99. The second-order valence-electron chi connectivity index (χ2n) is 39.0. The summed E-state index contributed by atoms with van der Waals surface area (Å²) in [6.45, 7) is 33.3. The standard InChI is InChI=1S/C56H99NO4Si.C55H97NO4Si/c1-8-11-14-17-19-21-22-23-25-27-30-39-47-57(7)51(50-60-62(56(4,5)6,53-41-34-31-35-42-53)54-43-36-32-37-44-54)49-59-48-46-52(40-33-28-16-13-10-3)61-55(58)45-38-29-26-24-20-18-15-12-9-2;1-7-10-13-16-18-20-21-22-24-26-29-38-46-56-50(49-59-61(55(4,5)6,52-40-33-30-34-41-52)53-42-35-31-36-43-53)48-58-47-45-51(39-32-27-15-12-9-3)60-54(57)44-37-28-25-23-19-17-14-11-8-2/h31-32,34-37,41-44,51-52H,8-30,33,38-40,45-50H2,1-7H3;30-31,33-36,40-43,50-51,56H,7-29,32,37-39,44-49H2,1-6H3/t51-,52-;50-,51-/m11/s1. The summed E-state index contributed by atoms with van der Waals surface area (Å²) in [5.74, 6) is -0.0487. The Morgan fingerprint density at radius 2 is 0.569 bits per heavy atom. The molecule has 0 unspecified atom stereocenters. The number of rotatable bonds is 82. The zero-order valence-electron chi connectivity index (χ0n) is 82.7. The molecule has 4 aromatic rings. The molecule has 4 rings (SSSR count). The summed E-state index contributed by atoms with van der Waals surface area (Å²) < 4.78 is 40.4. The first kappa shape index (κ1) is 113. The van der Waals surface area contributed by atoms with Crippen LogP contribution >= 0.6 is 0 Å².